The van der Waals surface area contributed by atoms with Crippen molar-refractivity contribution in [1.82, 2.24) is 9.78 Å². The Morgan fingerprint density at radius 1 is 1.17 bits per heavy atom. The predicted molar refractivity (Wildman–Crippen MR) is 110 cm³/mol. The lowest BCUT2D eigenvalue weighted by atomic mass is 9.63. The predicted octanol–water partition coefficient (Wildman–Crippen LogP) is 3.86. The van der Waals surface area contributed by atoms with Crippen LogP contribution in [0.4, 0.5) is 0 Å². The van der Waals surface area contributed by atoms with Crippen molar-refractivity contribution >= 4 is 17.5 Å². The van der Waals surface area contributed by atoms with Crippen LogP contribution in [-0.2, 0) is 14.3 Å². The monoisotopic (exact) mass is 391 g/mol. The molecule has 0 bridgehead atoms. The van der Waals surface area contributed by atoms with Gasteiger partial charge in [0.25, 0.3) is 0 Å². The van der Waals surface area contributed by atoms with Gasteiger partial charge in [0.15, 0.2) is 0 Å². The van der Waals surface area contributed by atoms with Crippen molar-refractivity contribution in [2.75, 3.05) is 7.11 Å². The second kappa shape index (κ2) is 7.10. The Kier molecular flexibility index (Phi) is 4.73. The number of Topliss-reactive ketones (excluding diaryl/α,β-unsaturated/α-hetero) is 1. The van der Waals surface area contributed by atoms with Gasteiger partial charge in [-0.1, -0.05) is 26.0 Å². The maximum absolute atomic E-state index is 13.2. The van der Waals surface area contributed by atoms with E-state index in [1.807, 2.05) is 43.5 Å². The lowest BCUT2D eigenvalue weighted by Crippen LogP contribution is -2.44. The molecule has 1 fully saturated rings. The summed E-state index contributed by atoms with van der Waals surface area (Å²) < 4.78 is 6.83. The van der Waals surface area contributed by atoms with Gasteiger partial charge in [0, 0.05) is 36.1 Å². The zero-order valence-corrected chi connectivity index (χ0v) is 17.2. The highest BCUT2D eigenvalue weighted by atomic mass is 16.5. The molecule has 1 aliphatic heterocycles. The van der Waals surface area contributed by atoms with Crippen molar-refractivity contribution in [2.24, 2.45) is 16.3 Å². The first-order chi connectivity index (χ1) is 13.8. The van der Waals surface area contributed by atoms with E-state index in [-0.39, 0.29) is 17.1 Å². The molecule has 2 atom stereocenters. The Balaban J connectivity index is 1.81. The van der Waals surface area contributed by atoms with Crippen LogP contribution in [0.5, 0.6) is 0 Å². The normalized spacial score (nSPS) is 23.4. The Morgan fingerprint density at radius 3 is 2.52 bits per heavy atom. The summed E-state index contributed by atoms with van der Waals surface area (Å²) in [7, 11) is 1.37. The van der Waals surface area contributed by atoms with Crippen LogP contribution in [0.3, 0.4) is 0 Å². The molecule has 1 aromatic carbocycles. The van der Waals surface area contributed by atoms with E-state index < -0.39 is 11.9 Å². The topological polar surface area (TPSA) is 73.5 Å². The van der Waals surface area contributed by atoms with Crippen LogP contribution in [0.15, 0.2) is 59.0 Å². The molecule has 0 N–H and O–H groups in total. The van der Waals surface area contributed by atoms with E-state index in [0.717, 1.165) is 23.4 Å². The van der Waals surface area contributed by atoms with Crippen LogP contribution in [0.25, 0.3) is 5.69 Å². The molecular weight excluding hydrogens is 366 g/mol. The van der Waals surface area contributed by atoms with Crippen molar-refractivity contribution in [1.29, 1.82) is 0 Å². The number of ketones is 1. The van der Waals surface area contributed by atoms with Gasteiger partial charge in [-0.3, -0.25) is 9.79 Å². The number of aliphatic imine (C=N–C) groups is 1. The summed E-state index contributed by atoms with van der Waals surface area (Å²) in [4.78, 5) is 30.5. The zero-order valence-electron chi connectivity index (χ0n) is 17.2. The molecule has 1 aromatic heterocycles. The first-order valence-electron chi connectivity index (χ1n) is 9.80. The van der Waals surface area contributed by atoms with Crippen LogP contribution >= 0.6 is 0 Å². The summed E-state index contributed by atoms with van der Waals surface area (Å²) in [6, 6.07) is 9.70. The van der Waals surface area contributed by atoms with Crippen molar-refractivity contribution in [3.63, 3.8) is 0 Å². The van der Waals surface area contributed by atoms with Gasteiger partial charge in [0.1, 0.15) is 5.78 Å². The number of rotatable bonds is 3. The smallest absolute Gasteiger partial charge is 0.336 e. The lowest BCUT2D eigenvalue weighted by Gasteiger charge is -2.41. The third-order valence-corrected chi connectivity index (χ3v) is 5.79. The number of hydrogen-bond acceptors (Lipinski definition) is 5. The number of hydrogen-bond donors (Lipinski definition) is 0. The summed E-state index contributed by atoms with van der Waals surface area (Å²) in [5, 5.41) is 4.25. The second-order valence-electron chi connectivity index (χ2n) is 8.58. The number of nitrogens with zero attached hydrogens (tertiary/aromatic N) is 3. The van der Waals surface area contributed by atoms with Crippen molar-refractivity contribution in [2.45, 2.75) is 39.5 Å². The molecule has 29 heavy (non-hydrogen) atoms. The summed E-state index contributed by atoms with van der Waals surface area (Å²) in [6.45, 7) is 6.01. The van der Waals surface area contributed by atoms with E-state index >= 15 is 0 Å². The standard InChI is InChI=1S/C23H25N3O3/c1-14-19(22(28)29-4)20(21-17(25-14)12-23(2,3)13-18(21)27)15-6-8-16(9-7-15)26-11-5-10-24-26/h5-11,20-21H,12-13H2,1-4H3. The fraction of sp³-hybridized carbons (Fsp3) is 0.391. The zero-order chi connectivity index (χ0) is 20.8. The van der Waals surface area contributed by atoms with E-state index in [2.05, 4.69) is 18.9 Å². The average molecular weight is 391 g/mol. The largest absolute Gasteiger partial charge is 0.466 e. The number of ether oxygens (including phenoxy) is 1. The van der Waals surface area contributed by atoms with E-state index in [9.17, 15) is 9.59 Å². The number of carbonyl (C=O) groups is 2. The molecule has 2 aromatic rings. The van der Waals surface area contributed by atoms with Crippen molar-refractivity contribution in [3.8, 4) is 5.69 Å². The van der Waals surface area contributed by atoms with Gasteiger partial charge in [0.05, 0.1) is 24.3 Å². The van der Waals surface area contributed by atoms with Gasteiger partial charge in [-0.25, -0.2) is 9.48 Å². The van der Waals surface area contributed by atoms with Gasteiger partial charge in [-0.15, -0.1) is 0 Å². The van der Waals surface area contributed by atoms with Crippen LogP contribution < -0.4 is 0 Å². The minimum Gasteiger partial charge on any atom is -0.466 e. The summed E-state index contributed by atoms with van der Waals surface area (Å²) >= 11 is 0. The second-order valence-corrected chi connectivity index (χ2v) is 8.58. The number of benzene rings is 1. The minimum atomic E-state index is -0.427. The number of esters is 1. The summed E-state index contributed by atoms with van der Waals surface area (Å²) in [5.74, 6) is -1.10. The van der Waals surface area contributed by atoms with Crippen LogP contribution in [0, 0.1) is 11.3 Å². The van der Waals surface area contributed by atoms with Gasteiger partial charge in [-0.2, -0.15) is 5.10 Å². The molecule has 2 heterocycles. The number of allylic oxidation sites excluding steroid dienone is 1. The molecule has 0 spiro atoms. The number of carbonyl (C=O) groups excluding carboxylic acids is 2. The Hall–Kier alpha value is -3.02. The molecular formula is C23H25N3O3. The molecule has 6 nitrogen and oxygen atoms in total. The van der Waals surface area contributed by atoms with Crippen molar-refractivity contribution < 1.29 is 14.3 Å². The highest BCUT2D eigenvalue weighted by Crippen LogP contribution is 2.46. The SMILES string of the molecule is COC(=O)C1=C(C)N=C2CC(C)(C)CC(=O)C2C1c1ccc(-n2cccn2)cc1. The fourth-order valence-electron chi connectivity index (χ4n) is 4.58. The van der Waals surface area contributed by atoms with Crippen LogP contribution in [-0.4, -0.2) is 34.4 Å². The Morgan fingerprint density at radius 2 is 1.90 bits per heavy atom. The van der Waals surface area contributed by atoms with Crippen LogP contribution in [0.1, 0.15) is 45.1 Å². The molecule has 2 unspecified atom stereocenters. The molecule has 0 amide bonds. The van der Waals surface area contributed by atoms with E-state index in [1.54, 1.807) is 10.9 Å². The third kappa shape index (κ3) is 3.43. The molecule has 4 rings (SSSR count). The quantitative estimate of drug-likeness (QED) is 0.745. The molecule has 2 aliphatic rings. The molecule has 1 saturated carbocycles. The van der Waals surface area contributed by atoms with Gasteiger partial charge in [-0.05, 0) is 42.5 Å². The van der Waals surface area contributed by atoms with Crippen molar-refractivity contribution in [3.05, 3.63) is 59.6 Å². The van der Waals surface area contributed by atoms with Gasteiger partial charge in [0.2, 0.25) is 0 Å². The number of aromatic nitrogens is 2. The Labute approximate surface area is 170 Å². The summed E-state index contributed by atoms with van der Waals surface area (Å²) in [5.41, 5.74) is 3.68. The maximum Gasteiger partial charge on any atom is 0.336 e. The third-order valence-electron chi connectivity index (χ3n) is 5.79. The minimum absolute atomic E-state index is 0.121. The fourth-order valence-corrected chi connectivity index (χ4v) is 4.58. The lowest BCUT2D eigenvalue weighted by molar-refractivity contribution is -0.136. The van der Waals surface area contributed by atoms with E-state index in [4.69, 9.17) is 9.73 Å². The van der Waals surface area contributed by atoms with Gasteiger partial charge < -0.3 is 4.74 Å². The maximum atomic E-state index is 13.2. The van der Waals surface area contributed by atoms with E-state index in [0.29, 0.717) is 17.7 Å². The Bertz CT molecular complexity index is 1010. The number of methoxy groups -OCH3 is 1. The first-order valence-corrected chi connectivity index (χ1v) is 9.80. The molecule has 0 saturated heterocycles. The number of fused-ring (bicyclic) bond motifs is 1. The average Bonchev–Trinajstić information content (AvgIpc) is 3.20. The first kappa shape index (κ1) is 19.3. The molecule has 6 heteroatoms. The summed E-state index contributed by atoms with van der Waals surface area (Å²) in [6.07, 6.45) is 4.82. The molecule has 0 radical (unpaired) electrons. The van der Waals surface area contributed by atoms with E-state index in [1.165, 1.54) is 7.11 Å². The highest BCUT2D eigenvalue weighted by molar-refractivity contribution is 6.12. The molecule has 1 aliphatic carbocycles. The van der Waals surface area contributed by atoms with Gasteiger partial charge >= 0.3 is 5.97 Å². The highest BCUT2D eigenvalue weighted by Gasteiger charge is 2.47. The van der Waals surface area contributed by atoms with Crippen LogP contribution in [0.2, 0.25) is 0 Å². The molecule has 150 valence electrons.